The summed E-state index contributed by atoms with van der Waals surface area (Å²) in [6, 6.07) is 11.2. The summed E-state index contributed by atoms with van der Waals surface area (Å²) in [6.45, 7) is 1.95. The van der Waals surface area contributed by atoms with E-state index in [1.54, 1.807) is 14.2 Å². The molecular weight excluding hydrogens is 422 g/mol. The number of methoxy groups -OCH3 is 2. The minimum absolute atomic E-state index is 0.137. The number of aryl methyl sites for hydroxylation is 1. The number of thiazole rings is 1. The highest BCUT2D eigenvalue weighted by atomic mass is 35.5. The molecule has 0 spiro atoms. The molecule has 0 aliphatic carbocycles. The van der Waals surface area contributed by atoms with Crippen molar-refractivity contribution < 1.29 is 14.3 Å². The lowest BCUT2D eigenvalue weighted by atomic mass is 10.1. The van der Waals surface area contributed by atoms with Gasteiger partial charge >= 0.3 is 0 Å². The summed E-state index contributed by atoms with van der Waals surface area (Å²) in [6.07, 6.45) is 2.14. The van der Waals surface area contributed by atoms with Gasteiger partial charge in [0.2, 0.25) is 5.91 Å². The van der Waals surface area contributed by atoms with Crippen molar-refractivity contribution in [1.29, 1.82) is 0 Å². The minimum Gasteiger partial charge on any atom is -0.493 e. The SMILES string of the molecule is COc1ccc(-c2cn3c(CC(=O)Nc4ccc(C)cc4Cl)csc3n2)cc1OC. The van der Waals surface area contributed by atoms with Crippen LogP contribution in [0.5, 0.6) is 11.5 Å². The highest BCUT2D eigenvalue weighted by Gasteiger charge is 2.15. The smallest absolute Gasteiger partial charge is 0.230 e. The largest absolute Gasteiger partial charge is 0.493 e. The Bertz CT molecular complexity index is 1230. The van der Waals surface area contributed by atoms with E-state index in [4.69, 9.17) is 21.1 Å². The van der Waals surface area contributed by atoms with Gasteiger partial charge in [-0.1, -0.05) is 17.7 Å². The number of hydrogen-bond acceptors (Lipinski definition) is 5. The monoisotopic (exact) mass is 441 g/mol. The number of aromatic nitrogens is 2. The van der Waals surface area contributed by atoms with E-state index in [1.807, 2.05) is 59.3 Å². The highest BCUT2D eigenvalue weighted by molar-refractivity contribution is 7.15. The van der Waals surface area contributed by atoms with Crippen LogP contribution in [0, 0.1) is 6.92 Å². The van der Waals surface area contributed by atoms with E-state index in [0.29, 0.717) is 22.2 Å². The van der Waals surface area contributed by atoms with Gasteiger partial charge in [-0.25, -0.2) is 4.98 Å². The summed E-state index contributed by atoms with van der Waals surface area (Å²) in [5.41, 5.74) is 4.21. The van der Waals surface area contributed by atoms with Crippen molar-refractivity contribution in [2.24, 2.45) is 0 Å². The van der Waals surface area contributed by atoms with Crippen LogP contribution >= 0.6 is 22.9 Å². The second-order valence-electron chi connectivity index (χ2n) is 6.78. The van der Waals surface area contributed by atoms with E-state index in [1.165, 1.54) is 11.3 Å². The van der Waals surface area contributed by atoms with Crippen molar-refractivity contribution in [2.75, 3.05) is 19.5 Å². The van der Waals surface area contributed by atoms with E-state index in [2.05, 4.69) is 10.3 Å². The van der Waals surface area contributed by atoms with Crippen LogP contribution in [0.3, 0.4) is 0 Å². The second kappa shape index (κ2) is 8.38. The van der Waals surface area contributed by atoms with Crippen molar-refractivity contribution in [2.45, 2.75) is 13.3 Å². The van der Waals surface area contributed by atoms with Gasteiger partial charge in [-0.15, -0.1) is 11.3 Å². The molecule has 1 N–H and O–H groups in total. The molecule has 0 atom stereocenters. The van der Waals surface area contributed by atoms with E-state index in [9.17, 15) is 4.79 Å². The number of amides is 1. The van der Waals surface area contributed by atoms with Gasteiger partial charge in [-0.3, -0.25) is 9.20 Å². The fraction of sp³-hybridized carbons (Fsp3) is 0.182. The summed E-state index contributed by atoms with van der Waals surface area (Å²) in [7, 11) is 3.20. The summed E-state index contributed by atoms with van der Waals surface area (Å²) in [5, 5.41) is 5.34. The Morgan fingerprint density at radius 1 is 1.17 bits per heavy atom. The van der Waals surface area contributed by atoms with Gasteiger partial charge in [0.15, 0.2) is 16.5 Å². The fourth-order valence-corrected chi connectivity index (χ4v) is 4.33. The first-order chi connectivity index (χ1) is 14.5. The van der Waals surface area contributed by atoms with Crippen LogP contribution in [0.1, 0.15) is 11.3 Å². The van der Waals surface area contributed by atoms with Crippen molar-refractivity contribution in [1.82, 2.24) is 9.38 Å². The first kappa shape index (κ1) is 20.3. The van der Waals surface area contributed by atoms with Crippen LogP contribution in [0.15, 0.2) is 48.0 Å². The summed E-state index contributed by atoms with van der Waals surface area (Å²) in [5.74, 6) is 1.16. The predicted molar refractivity (Wildman–Crippen MR) is 120 cm³/mol. The third kappa shape index (κ3) is 3.99. The molecule has 0 fully saturated rings. The third-order valence-corrected chi connectivity index (χ3v) is 5.90. The lowest BCUT2D eigenvalue weighted by molar-refractivity contribution is -0.115. The molecule has 0 saturated heterocycles. The standard InChI is InChI=1S/C22H20ClN3O3S/c1-13-4-6-17(16(23)8-13)24-21(27)10-15-12-30-22-25-18(11-26(15)22)14-5-7-19(28-2)20(9-14)29-3/h4-9,11-12H,10H2,1-3H3,(H,24,27). The number of fused-ring (bicyclic) bond motifs is 1. The molecule has 0 bridgehead atoms. The third-order valence-electron chi connectivity index (χ3n) is 4.70. The van der Waals surface area contributed by atoms with Gasteiger partial charge in [0.05, 0.1) is 37.0 Å². The zero-order valence-electron chi connectivity index (χ0n) is 16.7. The maximum atomic E-state index is 12.6. The number of nitrogens with one attached hydrogen (secondary N) is 1. The fourth-order valence-electron chi connectivity index (χ4n) is 3.17. The number of ether oxygens (including phenoxy) is 2. The van der Waals surface area contributed by atoms with Crippen molar-refractivity contribution >= 4 is 39.5 Å². The van der Waals surface area contributed by atoms with Gasteiger partial charge in [0.1, 0.15) is 0 Å². The Kier molecular flexibility index (Phi) is 5.65. The van der Waals surface area contributed by atoms with Crippen LogP contribution in [0.25, 0.3) is 16.2 Å². The number of benzene rings is 2. The first-order valence-electron chi connectivity index (χ1n) is 9.22. The average Bonchev–Trinajstić information content (AvgIpc) is 3.31. The van der Waals surface area contributed by atoms with Crippen molar-refractivity contribution in [3.05, 3.63) is 64.3 Å². The van der Waals surface area contributed by atoms with E-state index in [-0.39, 0.29) is 12.3 Å². The van der Waals surface area contributed by atoms with Crippen LogP contribution in [-0.2, 0) is 11.2 Å². The number of rotatable bonds is 6. The van der Waals surface area contributed by atoms with E-state index >= 15 is 0 Å². The number of anilines is 1. The summed E-state index contributed by atoms with van der Waals surface area (Å²) < 4.78 is 12.6. The Morgan fingerprint density at radius 3 is 2.70 bits per heavy atom. The second-order valence-corrected chi connectivity index (χ2v) is 8.03. The van der Waals surface area contributed by atoms with Crippen LogP contribution in [0.2, 0.25) is 5.02 Å². The van der Waals surface area contributed by atoms with Crippen molar-refractivity contribution in [3.8, 4) is 22.8 Å². The Morgan fingerprint density at radius 2 is 1.97 bits per heavy atom. The Hall–Kier alpha value is -3.03. The van der Waals surface area contributed by atoms with E-state index < -0.39 is 0 Å². The number of nitrogens with zero attached hydrogens (tertiary/aromatic N) is 2. The maximum absolute atomic E-state index is 12.6. The van der Waals surface area contributed by atoms with Crippen LogP contribution in [0.4, 0.5) is 5.69 Å². The Labute approximate surface area is 183 Å². The van der Waals surface area contributed by atoms with Gasteiger partial charge in [0, 0.05) is 22.8 Å². The molecule has 154 valence electrons. The van der Waals surface area contributed by atoms with Gasteiger partial charge in [0.25, 0.3) is 0 Å². The van der Waals surface area contributed by atoms with E-state index in [0.717, 1.165) is 27.5 Å². The zero-order chi connectivity index (χ0) is 21.3. The molecular formula is C22H20ClN3O3S. The molecule has 0 aliphatic rings. The normalized spacial score (nSPS) is 10.9. The molecule has 2 heterocycles. The number of carbonyl (C=O) groups excluding carboxylic acids is 1. The molecule has 0 radical (unpaired) electrons. The average molecular weight is 442 g/mol. The number of carbonyl (C=O) groups is 1. The van der Waals surface area contributed by atoms with Crippen LogP contribution < -0.4 is 14.8 Å². The van der Waals surface area contributed by atoms with Gasteiger partial charge < -0.3 is 14.8 Å². The molecule has 6 nitrogen and oxygen atoms in total. The quantitative estimate of drug-likeness (QED) is 0.445. The molecule has 1 amide bonds. The topological polar surface area (TPSA) is 64.9 Å². The lowest BCUT2D eigenvalue weighted by Gasteiger charge is -2.08. The molecule has 4 aromatic rings. The molecule has 0 unspecified atom stereocenters. The number of hydrogen-bond donors (Lipinski definition) is 1. The van der Waals surface area contributed by atoms with Gasteiger partial charge in [-0.2, -0.15) is 0 Å². The van der Waals surface area contributed by atoms with Crippen molar-refractivity contribution in [3.63, 3.8) is 0 Å². The zero-order valence-corrected chi connectivity index (χ0v) is 18.3. The lowest BCUT2D eigenvalue weighted by Crippen LogP contribution is -2.15. The summed E-state index contributed by atoms with van der Waals surface area (Å²) >= 11 is 7.71. The number of imidazole rings is 1. The molecule has 2 aromatic heterocycles. The molecule has 4 rings (SSSR count). The Balaban J connectivity index is 1.56. The summed E-state index contributed by atoms with van der Waals surface area (Å²) in [4.78, 5) is 18.1. The highest BCUT2D eigenvalue weighted by Crippen LogP contribution is 2.33. The first-order valence-corrected chi connectivity index (χ1v) is 10.5. The molecule has 0 aliphatic heterocycles. The maximum Gasteiger partial charge on any atom is 0.230 e. The molecule has 8 heteroatoms. The number of halogens is 1. The van der Waals surface area contributed by atoms with Crippen LogP contribution in [-0.4, -0.2) is 29.5 Å². The molecule has 2 aromatic carbocycles. The minimum atomic E-state index is -0.137. The van der Waals surface area contributed by atoms with Gasteiger partial charge in [-0.05, 0) is 42.8 Å². The molecule has 30 heavy (non-hydrogen) atoms. The molecule has 0 saturated carbocycles. The predicted octanol–water partition coefficient (Wildman–Crippen LogP) is 5.22.